The van der Waals surface area contributed by atoms with Gasteiger partial charge in [-0.3, -0.25) is 14.6 Å². The molecule has 0 saturated heterocycles. The minimum Gasteiger partial charge on any atom is -0.489 e. The summed E-state index contributed by atoms with van der Waals surface area (Å²) in [5.41, 5.74) is 4.81. The van der Waals surface area contributed by atoms with E-state index < -0.39 is 29.3 Å². The number of aliphatic hydroxyl groups is 2. The predicted octanol–water partition coefficient (Wildman–Crippen LogP) is 3.96. The number of amides is 1. The van der Waals surface area contributed by atoms with Crippen LogP contribution < -0.4 is 15.2 Å². The summed E-state index contributed by atoms with van der Waals surface area (Å²) in [6.07, 6.45) is 3.69. The van der Waals surface area contributed by atoms with Crippen molar-refractivity contribution in [1.29, 1.82) is 0 Å². The van der Waals surface area contributed by atoms with E-state index in [0.29, 0.717) is 22.4 Å². The highest BCUT2D eigenvalue weighted by molar-refractivity contribution is 6.01. The molecule has 2 aliphatic rings. The van der Waals surface area contributed by atoms with Gasteiger partial charge in [0, 0.05) is 34.7 Å². The molecule has 3 heterocycles. The predicted molar refractivity (Wildman–Crippen MR) is 152 cm³/mol. The lowest BCUT2D eigenvalue weighted by molar-refractivity contribution is -0.125. The Morgan fingerprint density at radius 3 is 2.64 bits per heavy atom. The first-order valence-electron chi connectivity index (χ1n) is 13.8. The van der Waals surface area contributed by atoms with Crippen molar-refractivity contribution in [2.75, 3.05) is 13.2 Å². The average Bonchev–Trinajstić information content (AvgIpc) is 3.72. The maximum atomic E-state index is 13.7. The monoisotopic (exact) mass is 571 g/mol. The number of primary amides is 1. The van der Waals surface area contributed by atoms with Gasteiger partial charge in [0.25, 0.3) is 0 Å². The molecule has 6 rings (SSSR count). The van der Waals surface area contributed by atoms with E-state index in [1.807, 2.05) is 6.07 Å². The Bertz CT molecular complexity index is 1700. The van der Waals surface area contributed by atoms with Gasteiger partial charge in [0.1, 0.15) is 46.1 Å². The molecule has 9 nitrogen and oxygen atoms in total. The van der Waals surface area contributed by atoms with Crippen LogP contribution in [0.15, 0.2) is 60.8 Å². The van der Waals surface area contributed by atoms with Crippen LogP contribution >= 0.6 is 0 Å². The lowest BCUT2D eigenvalue weighted by Gasteiger charge is -2.26. The van der Waals surface area contributed by atoms with Gasteiger partial charge < -0.3 is 25.4 Å². The lowest BCUT2D eigenvalue weighted by atomic mass is 9.80. The number of benzene rings is 2. The van der Waals surface area contributed by atoms with E-state index in [4.69, 9.17) is 15.2 Å². The molecule has 2 atom stereocenters. The molecule has 1 saturated carbocycles. The number of aromatic nitrogens is 2. The number of ketones is 1. The summed E-state index contributed by atoms with van der Waals surface area (Å²) in [7, 11) is 0. The number of pyridine rings is 2. The first-order chi connectivity index (χ1) is 20.1. The quantitative estimate of drug-likeness (QED) is 0.243. The van der Waals surface area contributed by atoms with Crippen LogP contribution in [0.4, 0.5) is 4.39 Å². The molecule has 4 N–H and O–H groups in total. The fraction of sp³-hybridized carbons (Fsp3) is 0.312. The molecular formula is C32H30FN3O6. The molecule has 216 valence electrons. The van der Waals surface area contributed by atoms with Gasteiger partial charge in [-0.25, -0.2) is 9.37 Å². The molecule has 2 aromatic carbocycles. The van der Waals surface area contributed by atoms with E-state index in [1.54, 1.807) is 24.4 Å². The van der Waals surface area contributed by atoms with Gasteiger partial charge in [-0.2, -0.15) is 0 Å². The summed E-state index contributed by atoms with van der Waals surface area (Å²) in [4.78, 5) is 35.0. The van der Waals surface area contributed by atoms with Crippen molar-refractivity contribution < 1.29 is 33.7 Å². The van der Waals surface area contributed by atoms with E-state index in [0.717, 1.165) is 18.2 Å². The largest absolute Gasteiger partial charge is 0.489 e. The van der Waals surface area contributed by atoms with E-state index in [1.165, 1.54) is 37.3 Å². The zero-order chi connectivity index (χ0) is 29.6. The van der Waals surface area contributed by atoms with Crippen LogP contribution in [0.2, 0.25) is 0 Å². The number of aliphatic hydroxyl groups excluding tert-OH is 1. The summed E-state index contributed by atoms with van der Waals surface area (Å²) in [5, 5.41) is 22.6. The molecular weight excluding hydrogens is 541 g/mol. The fourth-order valence-electron chi connectivity index (χ4n) is 5.20. The highest BCUT2D eigenvalue weighted by Crippen LogP contribution is 2.46. The molecule has 1 aliphatic carbocycles. The summed E-state index contributed by atoms with van der Waals surface area (Å²) in [6.45, 7) is 0.691. The number of nitrogens with two attached hydrogens (primary N) is 1. The third-order valence-electron chi connectivity index (χ3n) is 8.01. The normalized spacial score (nSPS) is 19.1. The number of carbonyl (C=O) groups is 2. The maximum Gasteiger partial charge on any atom is 0.234 e. The SMILES string of the molecule is C[C@](O)(CCC(=O)c1cc(OC2CC2)c2ncccc2c1)c1cc2c(c(-c3ccc(F)cc3)n1)OC[C@@]2(CO)C(N)=O. The third kappa shape index (κ3) is 4.97. The minimum atomic E-state index is -1.63. The molecule has 0 spiro atoms. The van der Waals surface area contributed by atoms with Crippen LogP contribution in [0.25, 0.3) is 22.2 Å². The fourth-order valence-corrected chi connectivity index (χ4v) is 5.20. The molecule has 4 aromatic rings. The number of Topliss-reactive ketones (excluding diaryl/α,β-unsaturated/α-hetero) is 1. The standard InChI is InChI=1S/C32H30FN3O6/c1-31(40,11-10-24(38)20-13-19-3-2-12-35-27(19)25(14-20)42-22-8-9-22)26-15-23-29(41-17-32(23,16-37)30(34)39)28(36-26)18-4-6-21(33)7-5-18/h2-7,12-15,22,37,40H,8-11,16-17H2,1H3,(H2,34,39)/t31-,32+/m0/s1. The number of ether oxygens (including phenoxy) is 2. The Balaban J connectivity index is 1.33. The first kappa shape index (κ1) is 27.7. The molecule has 0 radical (unpaired) electrons. The third-order valence-corrected chi connectivity index (χ3v) is 8.01. The van der Waals surface area contributed by atoms with Gasteiger partial charge in [-0.1, -0.05) is 6.07 Å². The molecule has 1 fully saturated rings. The van der Waals surface area contributed by atoms with Crippen LogP contribution in [-0.2, 0) is 15.8 Å². The maximum absolute atomic E-state index is 13.7. The van der Waals surface area contributed by atoms with Crippen LogP contribution in [0.3, 0.4) is 0 Å². The highest BCUT2D eigenvalue weighted by atomic mass is 19.1. The van der Waals surface area contributed by atoms with Crippen LogP contribution in [0.1, 0.15) is 54.2 Å². The van der Waals surface area contributed by atoms with E-state index in [-0.39, 0.29) is 54.0 Å². The summed E-state index contributed by atoms with van der Waals surface area (Å²) in [5.74, 6) is -0.669. The number of hydrogen-bond acceptors (Lipinski definition) is 8. The summed E-state index contributed by atoms with van der Waals surface area (Å²) >= 11 is 0. The van der Waals surface area contributed by atoms with Crippen molar-refractivity contribution in [3.8, 4) is 22.8 Å². The van der Waals surface area contributed by atoms with Crippen molar-refractivity contribution in [3.63, 3.8) is 0 Å². The number of hydrogen-bond donors (Lipinski definition) is 3. The molecule has 1 amide bonds. The van der Waals surface area contributed by atoms with Crippen LogP contribution in [-0.4, -0.2) is 51.2 Å². The average molecular weight is 572 g/mol. The van der Waals surface area contributed by atoms with Gasteiger partial charge >= 0.3 is 0 Å². The molecule has 0 unspecified atom stereocenters. The Hall–Kier alpha value is -4.41. The molecule has 2 aromatic heterocycles. The summed E-state index contributed by atoms with van der Waals surface area (Å²) < 4.78 is 25.5. The lowest BCUT2D eigenvalue weighted by Crippen LogP contribution is -2.46. The Morgan fingerprint density at radius 1 is 1.19 bits per heavy atom. The molecule has 1 aliphatic heterocycles. The van der Waals surface area contributed by atoms with Crippen molar-refractivity contribution in [2.45, 2.75) is 49.7 Å². The molecule has 10 heteroatoms. The minimum absolute atomic E-state index is 0.00603. The second-order valence-corrected chi connectivity index (χ2v) is 11.2. The van der Waals surface area contributed by atoms with Gasteiger partial charge in [-0.05, 0) is 74.7 Å². The van der Waals surface area contributed by atoms with Crippen LogP contribution in [0.5, 0.6) is 11.5 Å². The molecule has 0 bridgehead atoms. The first-order valence-corrected chi connectivity index (χ1v) is 13.8. The number of nitrogens with zero attached hydrogens (tertiary/aromatic N) is 2. The van der Waals surface area contributed by atoms with E-state index in [2.05, 4.69) is 9.97 Å². The number of fused-ring (bicyclic) bond motifs is 2. The summed E-state index contributed by atoms with van der Waals surface area (Å²) in [6, 6.07) is 14.1. The zero-order valence-corrected chi connectivity index (χ0v) is 23.0. The van der Waals surface area contributed by atoms with Crippen LogP contribution in [0, 0.1) is 5.82 Å². The van der Waals surface area contributed by atoms with Gasteiger partial charge in [0.2, 0.25) is 5.91 Å². The van der Waals surface area contributed by atoms with Gasteiger partial charge in [0.05, 0.1) is 18.4 Å². The zero-order valence-electron chi connectivity index (χ0n) is 23.0. The highest BCUT2D eigenvalue weighted by Gasteiger charge is 2.48. The van der Waals surface area contributed by atoms with Gasteiger partial charge in [0.15, 0.2) is 5.78 Å². The van der Waals surface area contributed by atoms with Crippen molar-refractivity contribution >= 4 is 22.6 Å². The number of halogens is 1. The number of carbonyl (C=O) groups excluding carboxylic acids is 2. The van der Waals surface area contributed by atoms with E-state index >= 15 is 0 Å². The number of rotatable bonds is 10. The van der Waals surface area contributed by atoms with Crippen molar-refractivity contribution in [2.24, 2.45) is 5.73 Å². The van der Waals surface area contributed by atoms with Gasteiger partial charge in [-0.15, -0.1) is 0 Å². The van der Waals surface area contributed by atoms with Crippen molar-refractivity contribution in [1.82, 2.24) is 9.97 Å². The second kappa shape index (κ2) is 10.5. The Kier molecular flexibility index (Phi) is 6.90. The van der Waals surface area contributed by atoms with E-state index in [9.17, 15) is 24.2 Å². The van der Waals surface area contributed by atoms with Crippen molar-refractivity contribution in [3.05, 3.63) is 83.4 Å². The second-order valence-electron chi connectivity index (χ2n) is 11.2. The molecule has 42 heavy (non-hydrogen) atoms. The topological polar surface area (TPSA) is 145 Å². The Morgan fingerprint density at radius 2 is 1.95 bits per heavy atom. The smallest absolute Gasteiger partial charge is 0.234 e. The Labute approximate surface area is 241 Å².